The van der Waals surface area contributed by atoms with E-state index in [1.165, 1.54) is 31.6 Å². The largest absolute Gasteiger partial charge is 0.315 e. The normalized spacial score (nSPS) is 25.8. The Balaban J connectivity index is 1.51. The lowest BCUT2D eigenvalue weighted by atomic mass is 10.1. The molecule has 2 saturated heterocycles. The van der Waals surface area contributed by atoms with Crippen LogP contribution in [0.5, 0.6) is 0 Å². The fraction of sp³-hybridized carbons (Fsp3) is 0.643. The maximum absolute atomic E-state index is 6.17. The minimum absolute atomic E-state index is 0.756. The van der Waals surface area contributed by atoms with Gasteiger partial charge in [-0.3, -0.25) is 14.8 Å². The molecule has 2 fully saturated rings. The van der Waals surface area contributed by atoms with Gasteiger partial charge in [0, 0.05) is 57.7 Å². The fourth-order valence-corrected chi connectivity index (χ4v) is 3.19. The number of halogens is 1. The van der Waals surface area contributed by atoms with Crippen LogP contribution in [0.15, 0.2) is 18.5 Å². The molecule has 0 radical (unpaired) electrons. The lowest BCUT2D eigenvalue weighted by Crippen LogP contribution is -2.50. The molecule has 0 amide bonds. The SMILES string of the molecule is Clc1cnccc1CN1CCN(C2CCNC2)CC1. The van der Waals surface area contributed by atoms with E-state index in [1.807, 2.05) is 12.3 Å². The zero-order chi connectivity index (χ0) is 13.1. The molecule has 2 aliphatic heterocycles. The number of pyridine rings is 1. The summed E-state index contributed by atoms with van der Waals surface area (Å²) in [5, 5.41) is 4.23. The molecule has 3 rings (SSSR count). The predicted octanol–water partition coefficient (Wildman–Crippen LogP) is 1.21. The third-order valence-electron chi connectivity index (χ3n) is 4.21. The maximum atomic E-state index is 6.17. The van der Waals surface area contributed by atoms with Crippen LogP contribution in [0.3, 0.4) is 0 Å². The zero-order valence-corrected chi connectivity index (χ0v) is 11.9. The van der Waals surface area contributed by atoms with Gasteiger partial charge < -0.3 is 5.32 Å². The molecule has 1 atom stereocenters. The summed E-state index contributed by atoms with van der Waals surface area (Å²) in [7, 11) is 0. The number of nitrogens with zero attached hydrogens (tertiary/aromatic N) is 3. The van der Waals surface area contributed by atoms with Crippen LogP contribution in [0.25, 0.3) is 0 Å². The van der Waals surface area contributed by atoms with Gasteiger partial charge in [-0.05, 0) is 24.6 Å². The monoisotopic (exact) mass is 280 g/mol. The smallest absolute Gasteiger partial charge is 0.0634 e. The molecule has 0 saturated carbocycles. The van der Waals surface area contributed by atoms with Crippen molar-refractivity contribution in [2.24, 2.45) is 0 Å². The van der Waals surface area contributed by atoms with E-state index in [-0.39, 0.29) is 0 Å². The Morgan fingerprint density at radius 3 is 2.84 bits per heavy atom. The highest BCUT2D eigenvalue weighted by Gasteiger charge is 2.25. The summed E-state index contributed by atoms with van der Waals surface area (Å²) in [6.07, 6.45) is 4.86. The van der Waals surface area contributed by atoms with E-state index in [1.54, 1.807) is 6.20 Å². The second-order valence-corrected chi connectivity index (χ2v) is 5.83. The minimum Gasteiger partial charge on any atom is -0.315 e. The highest BCUT2D eigenvalue weighted by molar-refractivity contribution is 6.31. The van der Waals surface area contributed by atoms with Crippen LogP contribution in [0.2, 0.25) is 5.02 Å². The molecule has 5 heteroatoms. The van der Waals surface area contributed by atoms with Crippen molar-refractivity contribution in [3.8, 4) is 0 Å². The Morgan fingerprint density at radius 1 is 1.32 bits per heavy atom. The fourth-order valence-electron chi connectivity index (χ4n) is 3.01. The van der Waals surface area contributed by atoms with E-state index < -0.39 is 0 Å². The summed E-state index contributed by atoms with van der Waals surface area (Å²) in [6.45, 7) is 7.90. The van der Waals surface area contributed by atoms with Crippen LogP contribution in [-0.2, 0) is 6.54 Å². The van der Waals surface area contributed by atoms with Crippen LogP contribution < -0.4 is 5.32 Å². The molecular weight excluding hydrogens is 260 g/mol. The molecule has 0 aromatic carbocycles. The van der Waals surface area contributed by atoms with Crippen LogP contribution >= 0.6 is 11.6 Å². The molecule has 0 aliphatic carbocycles. The first-order valence-electron chi connectivity index (χ1n) is 7.08. The quantitative estimate of drug-likeness (QED) is 0.902. The standard InChI is InChI=1S/C14H21ClN4/c15-14-10-17-3-1-12(14)11-18-5-7-19(8-6-18)13-2-4-16-9-13/h1,3,10,13,16H,2,4-9,11H2. The van der Waals surface area contributed by atoms with Gasteiger partial charge in [0.15, 0.2) is 0 Å². The van der Waals surface area contributed by atoms with E-state index in [0.29, 0.717) is 0 Å². The van der Waals surface area contributed by atoms with E-state index in [0.717, 1.165) is 37.2 Å². The number of hydrogen-bond acceptors (Lipinski definition) is 4. The van der Waals surface area contributed by atoms with Gasteiger partial charge in [-0.2, -0.15) is 0 Å². The van der Waals surface area contributed by atoms with Crippen molar-refractivity contribution in [2.75, 3.05) is 39.3 Å². The second kappa shape index (κ2) is 6.18. The number of rotatable bonds is 3. The number of piperazine rings is 1. The van der Waals surface area contributed by atoms with E-state index >= 15 is 0 Å². The van der Waals surface area contributed by atoms with Crippen molar-refractivity contribution in [3.05, 3.63) is 29.0 Å². The highest BCUT2D eigenvalue weighted by Crippen LogP contribution is 2.18. The third-order valence-corrected chi connectivity index (χ3v) is 4.55. The zero-order valence-electron chi connectivity index (χ0n) is 11.2. The van der Waals surface area contributed by atoms with Crippen molar-refractivity contribution in [3.63, 3.8) is 0 Å². The van der Waals surface area contributed by atoms with Crippen molar-refractivity contribution >= 4 is 11.6 Å². The first-order chi connectivity index (χ1) is 9.33. The third kappa shape index (κ3) is 3.26. The van der Waals surface area contributed by atoms with Gasteiger partial charge in [-0.15, -0.1) is 0 Å². The topological polar surface area (TPSA) is 31.4 Å². The Labute approximate surface area is 119 Å². The lowest BCUT2D eigenvalue weighted by Gasteiger charge is -2.37. The Hall–Kier alpha value is -0.680. The lowest BCUT2D eigenvalue weighted by molar-refractivity contribution is 0.0981. The molecule has 2 aliphatic rings. The molecular formula is C14H21ClN4. The Kier molecular flexibility index (Phi) is 4.33. The Bertz CT molecular complexity index is 412. The molecule has 0 spiro atoms. The molecule has 3 heterocycles. The highest BCUT2D eigenvalue weighted by atomic mass is 35.5. The predicted molar refractivity (Wildman–Crippen MR) is 77.4 cm³/mol. The van der Waals surface area contributed by atoms with Gasteiger partial charge in [0.05, 0.1) is 5.02 Å². The summed E-state index contributed by atoms with van der Waals surface area (Å²) in [6, 6.07) is 2.78. The number of aromatic nitrogens is 1. The van der Waals surface area contributed by atoms with Crippen molar-refractivity contribution < 1.29 is 0 Å². The number of nitrogens with one attached hydrogen (secondary N) is 1. The summed E-state index contributed by atoms with van der Waals surface area (Å²) in [4.78, 5) is 9.15. The van der Waals surface area contributed by atoms with Gasteiger partial charge >= 0.3 is 0 Å². The van der Waals surface area contributed by atoms with Crippen LogP contribution in [0, 0.1) is 0 Å². The van der Waals surface area contributed by atoms with Crippen molar-refractivity contribution in [2.45, 2.75) is 19.0 Å². The Morgan fingerprint density at radius 2 is 2.16 bits per heavy atom. The summed E-state index contributed by atoms with van der Waals surface area (Å²) in [5.41, 5.74) is 1.19. The van der Waals surface area contributed by atoms with E-state index in [4.69, 9.17) is 11.6 Å². The molecule has 1 aromatic rings. The van der Waals surface area contributed by atoms with Crippen LogP contribution in [-0.4, -0.2) is 60.1 Å². The van der Waals surface area contributed by atoms with Gasteiger partial charge in [-0.25, -0.2) is 0 Å². The molecule has 104 valence electrons. The summed E-state index contributed by atoms with van der Waals surface area (Å²) in [5.74, 6) is 0. The van der Waals surface area contributed by atoms with E-state index in [2.05, 4.69) is 20.1 Å². The molecule has 4 nitrogen and oxygen atoms in total. The summed E-state index contributed by atoms with van der Waals surface area (Å²) >= 11 is 6.17. The first-order valence-corrected chi connectivity index (χ1v) is 7.46. The second-order valence-electron chi connectivity index (χ2n) is 5.43. The maximum Gasteiger partial charge on any atom is 0.0634 e. The number of hydrogen-bond donors (Lipinski definition) is 1. The van der Waals surface area contributed by atoms with Crippen molar-refractivity contribution in [1.29, 1.82) is 0 Å². The van der Waals surface area contributed by atoms with Gasteiger partial charge in [0.1, 0.15) is 0 Å². The first kappa shape index (κ1) is 13.3. The van der Waals surface area contributed by atoms with Gasteiger partial charge in [-0.1, -0.05) is 11.6 Å². The van der Waals surface area contributed by atoms with Gasteiger partial charge in [0.25, 0.3) is 0 Å². The van der Waals surface area contributed by atoms with Gasteiger partial charge in [0.2, 0.25) is 0 Å². The molecule has 0 bridgehead atoms. The average molecular weight is 281 g/mol. The molecule has 1 N–H and O–H groups in total. The molecule has 1 aromatic heterocycles. The molecule has 1 unspecified atom stereocenters. The van der Waals surface area contributed by atoms with E-state index in [9.17, 15) is 0 Å². The van der Waals surface area contributed by atoms with Crippen molar-refractivity contribution in [1.82, 2.24) is 20.1 Å². The minimum atomic E-state index is 0.756. The van der Waals surface area contributed by atoms with Crippen LogP contribution in [0.4, 0.5) is 0 Å². The summed E-state index contributed by atoms with van der Waals surface area (Å²) < 4.78 is 0. The molecule has 19 heavy (non-hydrogen) atoms. The average Bonchev–Trinajstić information content (AvgIpc) is 2.96. The van der Waals surface area contributed by atoms with Crippen LogP contribution in [0.1, 0.15) is 12.0 Å².